The van der Waals surface area contributed by atoms with Crippen LogP contribution in [-0.4, -0.2) is 38.0 Å². The lowest BCUT2D eigenvalue weighted by Crippen LogP contribution is -2.23. The van der Waals surface area contributed by atoms with Gasteiger partial charge in [0.15, 0.2) is 5.82 Å². The number of aromatic nitrogens is 5. The van der Waals surface area contributed by atoms with Crippen molar-refractivity contribution in [2.24, 2.45) is 7.05 Å². The third-order valence-electron chi connectivity index (χ3n) is 3.67. The highest BCUT2D eigenvalue weighted by molar-refractivity contribution is 5.95. The minimum atomic E-state index is -0.163. The van der Waals surface area contributed by atoms with Gasteiger partial charge in [0.05, 0.1) is 24.5 Å². The first-order chi connectivity index (χ1) is 12.1. The van der Waals surface area contributed by atoms with Crippen LogP contribution in [0.5, 0.6) is 0 Å². The van der Waals surface area contributed by atoms with Crippen LogP contribution in [0.3, 0.4) is 0 Å². The molecule has 0 spiro atoms. The zero-order chi connectivity index (χ0) is 17.8. The smallest absolute Gasteiger partial charge is 0.251 e. The lowest BCUT2D eigenvalue weighted by molar-refractivity contribution is 0.0950. The normalized spacial score (nSPS) is 10.8. The predicted octanol–water partition coefficient (Wildman–Crippen LogP) is 1.59. The average Bonchev–Trinajstić information content (AvgIpc) is 3.19. The Morgan fingerprint density at radius 3 is 2.92 bits per heavy atom. The molecule has 2 N–H and O–H groups in total. The van der Waals surface area contributed by atoms with E-state index in [1.807, 2.05) is 38.2 Å². The first kappa shape index (κ1) is 16.8. The van der Waals surface area contributed by atoms with Crippen LogP contribution in [0.1, 0.15) is 27.6 Å². The Morgan fingerprint density at radius 2 is 2.20 bits per heavy atom. The minimum Gasteiger partial charge on any atom is -0.378 e. The molecule has 0 fully saturated rings. The SMILES string of the molecule is COCc1cc(CNC(=O)c2cccc(-c3nc(C)nn3C)c2)[nH]n1. The van der Waals surface area contributed by atoms with E-state index in [1.54, 1.807) is 17.9 Å². The number of H-pyrrole nitrogens is 1. The number of carbonyl (C=O) groups excluding carboxylic acids is 1. The highest BCUT2D eigenvalue weighted by Gasteiger charge is 2.11. The number of rotatable bonds is 6. The Bertz CT molecular complexity index is 883. The van der Waals surface area contributed by atoms with Crippen molar-refractivity contribution in [3.05, 3.63) is 53.1 Å². The zero-order valence-electron chi connectivity index (χ0n) is 14.4. The topological polar surface area (TPSA) is 97.7 Å². The first-order valence-electron chi connectivity index (χ1n) is 7.85. The van der Waals surface area contributed by atoms with Gasteiger partial charge < -0.3 is 10.1 Å². The summed E-state index contributed by atoms with van der Waals surface area (Å²) >= 11 is 0. The molecule has 1 aromatic carbocycles. The van der Waals surface area contributed by atoms with Crippen LogP contribution in [0.15, 0.2) is 30.3 Å². The molecule has 0 atom stereocenters. The number of aryl methyl sites for hydroxylation is 2. The zero-order valence-corrected chi connectivity index (χ0v) is 14.4. The second-order valence-corrected chi connectivity index (χ2v) is 5.69. The number of aromatic amines is 1. The van der Waals surface area contributed by atoms with Gasteiger partial charge in [0, 0.05) is 25.3 Å². The summed E-state index contributed by atoms with van der Waals surface area (Å²) in [5.41, 5.74) is 3.03. The number of methoxy groups -OCH3 is 1. The number of nitrogens with zero attached hydrogens (tertiary/aromatic N) is 4. The quantitative estimate of drug-likeness (QED) is 0.710. The maximum Gasteiger partial charge on any atom is 0.251 e. The molecule has 0 saturated carbocycles. The number of amides is 1. The molecule has 2 aromatic heterocycles. The number of nitrogens with one attached hydrogen (secondary N) is 2. The molecule has 0 aliphatic heterocycles. The van der Waals surface area contributed by atoms with E-state index in [0.29, 0.717) is 24.5 Å². The fourth-order valence-electron chi connectivity index (χ4n) is 2.56. The van der Waals surface area contributed by atoms with Crippen LogP contribution in [-0.2, 0) is 24.9 Å². The van der Waals surface area contributed by atoms with Crippen molar-refractivity contribution in [2.75, 3.05) is 7.11 Å². The second-order valence-electron chi connectivity index (χ2n) is 5.69. The van der Waals surface area contributed by atoms with Gasteiger partial charge in [0.25, 0.3) is 5.91 Å². The van der Waals surface area contributed by atoms with Gasteiger partial charge in [0.1, 0.15) is 5.82 Å². The Hall–Kier alpha value is -3.00. The molecular weight excluding hydrogens is 320 g/mol. The van der Waals surface area contributed by atoms with Gasteiger partial charge in [0.2, 0.25) is 0 Å². The summed E-state index contributed by atoms with van der Waals surface area (Å²) in [7, 11) is 3.44. The van der Waals surface area contributed by atoms with E-state index in [1.165, 1.54) is 0 Å². The molecule has 8 heteroatoms. The van der Waals surface area contributed by atoms with Crippen LogP contribution >= 0.6 is 0 Å². The molecule has 3 rings (SSSR count). The molecule has 0 saturated heterocycles. The van der Waals surface area contributed by atoms with Crippen LogP contribution in [0, 0.1) is 6.92 Å². The number of carbonyl (C=O) groups is 1. The predicted molar refractivity (Wildman–Crippen MR) is 91.6 cm³/mol. The lowest BCUT2D eigenvalue weighted by atomic mass is 10.1. The Labute approximate surface area is 145 Å². The molecular formula is C17H20N6O2. The van der Waals surface area contributed by atoms with Gasteiger partial charge in [-0.1, -0.05) is 12.1 Å². The van der Waals surface area contributed by atoms with Crippen molar-refractivity contribution in [1.82, 2.24) is 30.3 Å². The highest BCUT2D eigenvalue weighted by Crippen LogP contribution is 2.18. The van der Waals surface area contributed by atoms with Crippen molar-refractivity contribution in [1.29, 1.82) is 0 Å². The van der Waals surface area contributed by atoms with Gasteiger partial charge in [-0.15, -0.1) is 0 Å². The molecule has 8 nitrogen and oxygen atoms in total. The van der Waals surface area contributed by atoms with Crippen molar-refractivity contribution >= 4 is 5.91 Å². The molecule has 25 heavy (non-hydrogen) atoms. The van der Waals surface area contributed by atoms with Crippen molar-refractivity contribution < 1.29 is 9.53 Å². The fourth-order valence-corrected chi connectivity index (χ4v) is 2.56. The van der Waals surface area contributed by atoms with Crippen LogP contribution in [0.2, 0.25) is 0 Å². The van der Waals surface area contributed by atoms with Crippen molar-refractivity contribution in [3.8, 4) is 11.4 Å². The van der Waals surface area contributed by atoms with E-state index in [4.69, 9.17) is 4.74 Å². The summed E-state index contributed by atoms with van der Waals surface area (Å²) in [5.74, 6) is 1.26. The van der Waals surface area contributed by atoms with Crippen LogP contribution < -0.4 is 5.32 Å². The maximum absolute atomic E-state index is 12.4. The second kappa shape index (κ2) is 7.27. The number of hydrogen-bond acceptors (Lipinski definition) is 5. The van der Waals surface area contributed by atoms with Crippen LogP contribution in [0.25, 0.3) is 11.4 Å². The van der Waals surface area contributed by atoms with E-state index < -0.39 is 0 Å². The molecule has 0 aliphatic rings. The Kier molecular flexibility index (Phi) is 4.90. The molecule has 3 aromatic rings. The minimum absolute atomic E-state index is 0.163. The number of ether oxygens (including phenoxy) is 1. The Balaban J connectivity index is 1.69. The number of hydrogen-bond donors (Lipinski definition) is 2. The summed E-state index contributed by atoms with van der Waals surface area (Å²) in [6.45, 7) is 2.63. The molecule has 2 heterocycles. The molecule has 0 bridgehead atoms. The van der Waals surface area contributed by atoms with E-state index in [2.05, 4.69) is 25.6 Å². The van der Waals surface area contributed by atoms with Crippen molar-refractivity contribution in [3.63, 3.8) is 0 Å². The first-order valence-corrected chi connectivity index (χ1v) is 7.85. The average molecular weight is 340 g/mol. The van der Waals surface area contributed by atoms with Gasteiger partial charge in [-0.05, 0) is 25.1 Å². The molecule has 0 radical (unpaired) electrons. The monoisotopic (exact) mass is 340 g/mol. The maximum atomic E-state index is 12.4. The van der Waals surface area contributed by atoms with Gasteiger partial charge in [-0.25, -0.2) is 9.67 Å². The standard InChI is InChI=1S/C17H20N6O2/c1-11-19-16(23(2)22-11)12-5-4-6-13(7-12)17(24)18-9-14-8-15(10-25-3)21-20-14/h4-8H,9-10H2,1-3H3,(H,18,24)(H,20,21). The molecule has 1 amide bonds. The third-order valence-corrected chi connectivity index (χ3v) is 3.67. The number of benzene rings is 1. The summed E-state index contributed by atoms with van der Waals surface area (Å²) in [5, 5.41) is 14.1. The molecule has 0 unspecified atom stereocenters. The van der Waals surface area contributed by atoms with Gasteiger partial charge in [-0.2, -0.15) is 10.2 Å². The van der Waals surface area contributed by atoms with E-state index in [0.717, 1.165) is 22.8 Å². The van der Waals surface area contributed by atoms with Gasteiger partial charge in [-0.3, -0.25) is 9.89 Å². The summed E-state index contributed by atoms with van der Waals surface area (Å²) < 4.78 is 6.72. The third kappa shape index (κ3) is 3.92. The highest BCUT2D eigenvalue weighted by atomic mass is 16.5. The van der Waals surface area contributed by atoms with Crippen molar-refractivity contribution in [2.45, 2.75) is 20.1 Å². The lowest BCUT2D eigenvalue weighted by Gasteiger charge is -2.06. The Morgan fingerprint density at radius 1 is 1.36 bits per heavy atom. The summed E-state index contributed by atoms with van der Waals surface area (Å²) in [6, 6.07) is 9.18. The van der Waals surface area contributed by atoms with E-state index >= 15 is 0 Å². The largest absolute Gasteiger partial charge is 0.378 e. The van der Waals surface area contributed by atoms with E-state index in [9.17, 15) is 4.79 Å². The van der Waals surface area contributed by atoms with Gasteiger partial charge >= 0.3 is 0 Å². The molecule has 0 aliphatic carbocycles. The molecule has 130 valence electrons. The summed E-state index contributed by atoms with van der Waals surface area (Å²) in [6.07, 6.45) is 0. The summed E-state index contributed by atoms with van der Waals surface area (Å²) in [4.78, 5) is 16.8. The van der Waals surface area contributed by atoms with E-state index in [-0.39, 0.29) is 5.91 Å². The van der Waals surface area contributed by atoms with Crippen LogP contribution in [0.4, 0.5) is 0 Å². The fraction of sp³-hybridized carbons (Fsp3) is 0.294.